The minimum atomic E-state index is -3.56. The highest BCUT2D eigenvalue weighted by atomic mass is 35.5. The maximum Gasteiger partial charge on any atom is 0.307 e. The topological polar surface area (TPSA) is 84.8 Å². The van der Waals surface area contributed by atoms with Gasteiger partial charge in [0.05, 0.1) is 24.5 Å². The quantitative estimate of drug-likeness (QED) is 0.627. The Labute approximate surface area is 143 Å². The van der Waals surface area contributed by atoms with E-state index in [1.165, 1.54) is 6.07 Å². The summed E-state index contributed by atoms with van der Waals surface area (Å²) in [5.74, 6) is -0.190. The lowest BCUT2D eigenvalue weighted by Gasteiger charge is -2.04. The molecule has 9 heteroatoms. The molecule has 1 aromatic carbocycles. The van der Waals surface area contributed by atoms with Gasteiger partial charge in [0.1, 0.15) is 10.2 Å². The molecule has 0 bridgehead atoms. The molecule has 0 aromatic heterocycles. The average Bonchev–Trinajstić information content (AvgIpc) is 3.02. The molecule has 1 N–H and O–H groups in total. The van der Waals surface area contributed by atoms with Crippen LogP contribution >= 0.6 is 23.2 Å². The molecule has 0 saturated heterocycles. The number of sulfonamides is 1. The SMILES string of the molecule is O=C(CCN=C1NS(=O)(=O)c2ccccc21)OC[C@H]1CC1(Cl)Cl. The standard InChI is InChI=1S/C14H14Cl2N2O4S/c15-14(16)7-9(14)8-22-12(19)5-6-17-13-10-3-1-2-4-11(10)23(20,21)18-13/h1-4,9H,5-8H2,(H,17,18)/t9-/m1/s1. The van der Waals surface area contributed by atoms with Crippen LogP contribution in [0.1, 0.15) is 18.4 Å². The highest BCUT2D eigenvalue weighted by molar-refractivity contribution is 7.90. The lowest BCUT2D eigenvalue weighted by molar-refractivity contribution is -0.143. The van der Waals surface area contributed by atoms with E-state index in [0.29, 0.717) is 12.0 Å². The molecule has 1 heterocycles. The molecule has 3 rings (SSSR count). The summed E-state index contributed by atoms with van der Waals surface area (Å²) in [7, 11) is -3.56. The van der Waals surface area contributed by atoms with Crippen LogP contribution in [0.4, 0.5) is 0 Å². The van der Waals surface area contributed by atoms with Crippen LogP contribution in [0.15, 0.2) is 34.2 Å². The molecular formula is C14H14Cl2N2O4S. The van der Waals surface area contributed by atoms with Gasteiger partial charge in [0.2, 0.25) is 0 Å². The number of amidine groups is 1. The minimum absolute atomic E-state index is 0.0189. The van der Waals surface area contributed by atoms with Crippen molar-refractivity contribution in [3.05, 3.63) is 29.8 Å². The van der Waals surface area contributed by atoms with E-state index in [9.17, 15) is 13.2 Å². The smallest absolute Gasteiger partial charge is 0.307 e. The van der Waals surface area contributed by atoms with Crippen molar-refractivity contribution >= 4 is 45.0 Å². The second kappa shape index (κ2) is 5.96. The van der Waals surface area contributed by atoms with Crippen LogP contribution in [0.3, 0.4) is 0 Å². The first kappa shape index (κ1) is 16.5. The summed E-state index contributed by atoms with van der Waals surface area (Å²) < 4.78 is 30.5. The van der Waals surface area contributed by atoms with Crippen molar-refractivity contribution in [2.24, 2.45) is 10.9 Å². The van der Waals surface area contributed by atoms with Crippen LogP contribution in [-0.2, 0) is 19.6 Å². The van der Waals surface area contributed by atoms with E-state index in [1.807, 2.05) is 0 Å². The third-order valence-corrected chi connectivity index (χ3v) is 5.97. The molecule has 0 radical (unpaired) electrons. The number of nitrogens with zero attached hydrogens (tertiary/aromatic N) is 1. The number of aliphatic imine (C=N–C) groups is 1. The fourth-order valence-electron chi connectivity index (χ4n) is 2.23. The third kappa shape index (κ3) is 3.62. The number of hydrogen-bond acceptors (Lipinski definition) is 5. The van der Waals surface area contributed by atoms with Gasteiger partial charge in [-0.2, -0.15) is 0 Å². The zero-order valence-electron chi connectivity index (χ0n) is 12.0. The molecule has 0 amide bonds. The zero-order chi connectivity index (χ0) is 16.7. The summed E-state index contributed by atoms with van der Waals surface area (Å²) in [6.45, 7) is 0.320. The third-order valence-electron chi connectivity index (χ3n) is 3.65. The summed E-state index contributed by atoms with van der Waals surface area (Å²) in [4.78, 5) is 16.0. The first-order valence-corrected chi connectivity index (χ1v) is 9.24. The van der Waals surface area contributed by atoms with Gasteiger partial charge in [0.15, 0.2) is 0 Å². The highest BCUT2D eigenvalue weighted by Gasteiger charge is 2.52. The van der Waals surface area contributed by atoms with Crippen molar-refractivity contribution < 1.29 is 17.9 Å². The maximum absolute atomic E-state index is 11.9. The van der Waals surface area contributed by atoms with Gasteiger partial charge >= 0.3 is 5.97 Å². The largest absolute Gasteiger partial charge is 0.465 e. The fourth-order valence-corrected chi connectivity index (χ4v) is 3.98. The van der Waals surface area contributed by atoms with Gasteiger partial charge in [-0.25, -0.2) is 8.42 Å². The molecular weight excluding hydrogens is 363 g/mol. The summed E-state index contributed by atoms with van der Waals surface area (Å²) in [5.41, 5.74) is 0.507. The number of esters is 1. The normalized spacial score (nSPS) is 24.8. The van der Waals surface area contributed by atoms with Crippen LogP contribution in [0, 0.1) is 5.92 Å². The van der Waals surface area contributed by atoms with Crippen molar-refractivity contribution in [3.63, 3.8) is 0 Å². The number of benzene rings is 1. The predicted octanol–water partition coefficient (Wildman–Crippen LogP) is 1.85. The minimum Gasteiger partial charge on any atom is -0.465 e. The van der Waals surface area contributed by atoms with Gasteiger partial charge in [-0.3, -0.25) is 14.5 Å². The van der Waals surface area contributed by atoms with Crippen LogP contribution in [0.25, 0.3) is 0 Å². The highest BCUT2D eigenvalue weighted by Crippen LogP contribution is 2.53. The molecule has 23 heavy (non-hydrogen) atoms. The molecule has 0 unspecified atom stereocenters. The average molecular weight is 377 g/mol. The zero-order valence-corrected chi connectivity index (χ0v) is 14.3. The van der Waals surface area contributed by atoms with Crippen molar-refractivity contribution in [2.75, 3.05) is 13.2 Å². The van der Waals surface area contributed by atoms with E-state index in [2.05, 4.69) is 9.71 Å². The van der Waals surface area contributed by atoms with E-state index in [4.69, 9.17) is 27.9 Å². The summed E-state index contributed by atoms with van der Waals surface area (Å²) in [5, 5.41) is 0. The first-order valence-electron chi connectivity index (χ1n) is 7.00. The Morgan fingerprint density at radius 2 is 2.09 bits per heavy atom. The molecule has 1 aliphatic carbocycles. The molecule has 2 aliphatic rings. The second-order valence-corrected chi connectivity index (χ2v) is 8.62. The fraction of sp³-hybridized carbons (Fsp3) is 0.429. The van der Waals surface area contributed by atoms with Gasteiger partial charge < -0.3 is 4.74 Å². The molecule has 1 aliphatic heterocycles. The Morgan fingerprint density at radius 1 is 1.39 bits per heavy atom. The van der Waals surface area contributed by atoms with Gasteiger partial charge in [0, 0.05) is 11.5 Å². The number of nitrogens with one attached hydrogen (secondary N) is 1. The Kier molecular flexibility index (Phi) is 4.29. The van der Waals surface area contributed by atoms with Crippen molar-refractivity contribution in [3.8, 4) is 0 Å². The van der Waals surface area contributed by atoms with Gasteiger partial charge in [-0.05, 0) is 18.6 Å². The van der Waals surface area contributed by atoms with E-state index < -0.39 is 20.3 Å². The Morgan fingerprint density at radius 3 is 2.78 bits per heavy atom. The summed E-state index contributed by atoms with van der Waals surface area (Å²) in [6.07, 6.45) is 0.669. The lowest BCUT2D eigenvalue weighted by atomic mass is 10.2. The van der Waals surface area contributed by atoms with Crippen LogP contribution < -0.4 is 4.72 Å². The van der Waals surface area contributed by atoms with Crippen LogP contribution in [0.2, 0.25) is 0 Å². The molecule has 1 fully saturated rings. The van der Waals surface area contributed by atoms with E-state index in [0.717, 1.165) is 0 Å². The number of carbonyl (C=O) groups excluding carboxylic acids is 1. The molecule has 0 spiro atoms. The number of halogens is 2. The number of hydrogen-bond donors (Lipinski definition) is 1. The monoisotopic (exact) mass is 376 g/mol. The summed E-state index contributed by atoms with van der Waals surface area (Å²) >= 11 is 11.7. The van der Waals surface area contributed by atoms with Crippen LogP contribution in [0.5, 0.6) is 0 Å². The molecule has 1 aromatic rings. The van der Waals surface area contributed by atoms with Crippen molar-refractivity contribution in [2.45, 2.75) is 22.1 Å². The lowest BCUT2D eigenvalue weighted by Crippen LogP contribution is -2.22. The maximum atomic E-state index is 11.9. The van der Waals surface area contributed by atoms with Gasteiger partial charge in [-0.15, -0.1) is 23.2 Å². The Balaban J connectivity index is 1.54. The summed E-state index contributed by atoms with van der Waals surface area (Å²) in [6, 6.07) is 6.54. The van der Waals surface area contributed by atoms with E-state index in [1.54, 1.807) is 18.2 Å². The first-order chi connectivity index (χ1) is 10.8. The Bertz CT molecular complexity index is 777. The predicted molar refractivity (Wildman–Crippen MR) is 86.3 cm³/mol. The molecule has 1 atom stereocenters. The van der Waals surface area contributed by atoms with Gasteiger partial charge in [0.25, 0.3) is 10.0 Å². The number of fused-ring (bicyclic) bond motifs is 1. The van der Waals surface area contributed by atoms with Crippen LogP contribution in [-0.4, -0.2) is 37.7 Å². The van der Waals surface area contributed by atoms with Crippen molar-refractivity contribution in [1.29, 1.82) is 0 Å². The molecule has 124 valence electrons. The van der Waals surface area contributed by atoms with E-state index >= 15 is 0 Å². The number of ether oxygens (including phenoxy) is 1. The molecule has 1 saturated carbocycles. The Hall–Kier alpha value is -1.31. The van der Waals surface area contributed by atoms with E-state index in [-0.39, 0.29) is 36.2 Å². The second-order valence-electron chi connectivity index (χ2n) is 5.43. The number of rotatable bonds is 5. The van der Waals surface area contributed by atoms with Gasteiger partial charge in [-0.1, -0.05) is 12.1 Å². The number of carbonyl (C=O) groups is 1. The number of alkyl halides is 2. The van der Waals surface area contributed by atoms with Crippen molar-refractivity contribution in [1.82, 2.24) is 4.72 Å². The molecule has 6 nitrogen and oxygen atoms in total.